The van der Waals surface area contributed by atoms with Crippen LogP contribution in [0.2, 0.25) is 10.0 Å². The summed E-state index contributed by atoms with van der Waals surface area (Å²) in [5.74, 6) is -1.86. The van der Waals surface area contributed by atoms with Crippen molar-refractivity contribution in [3.63, 3.8) is 0 Å². The van der Waals surface area contributed by atoms with Gasteiger partial charge in [0.1, 0.15) is 11.3 Å². The van der Waals surface area contributed by atoms with Gasteiger partial charge in [0, 0.05) is 35.7 Å². The van der Waals surface area contributed by atoms with Gasteiger partial charge >= 0.3 is 5.97 Å². The van der Waals surface area contributed by atoms with E-state index in [1.807, 2.05) is 52.0 Å². The zero-order chi connectivity index (χ0) is 39.6. The van der Waals surface area contributed by atoms with Crippen molar-refractivity contribution in [2.75, 3.05) is 33.0 Å². The predicted molar refractivity (Wildman–Crippen MR) is 209 cm³/mol. The Bertz CT molecular complexity index is 1760. The number of benzene rings is 2. The summed E-state index contributed by atoms with van der Waals surface area (Å²) in [6, 6.07) is 7.34. The Morgan fingerprint density at radius 2 is 1.22 bits per heavy atom. The molecule has 0 radical (unpaired) electrons. The van der Waals surface area contributed by atoms with Crippen molar-refractivity contribution in [1.82, 2.24) is 10.6 Å². The molecule has 55 heavy (non-hydrogen) atoms. The number of hydrogen-bond acceptors (Lipinski definition) is 9. The topological polar surface area (TPSA) is 142 Å². The Morgan fingerprint density at radius 3 is 1.69 bits per heavy atom. The standard InChI is InChI=1S/C22H30ClNO5.C20H24ClNO4/c1-4-27-20(26)21(6-8-22(9-7-21)28-10-5-11-29-22)24-19(25)14-18-15(2)12-17(23)13-16(18)3;1-12-10-14(21)11-13(2)15(12)16-17(23)19(22-18(16)24)4-6-20(7-5-19)25-8-3-9-26-20/h12-13H,4-11,14H2,1-3H3,(H,24,25);10-11,23H,3-9H2,1-2H3,(H,22,24). The van der Waals surface area contributed by atoms with Crippen LogP contribution < -0.4 is 10.6 Å². The highest BCUT2D eigenvalue weighted by atomic mass is 35.5. The van der Waals surface area contributed by atoms with Crippen molar-refractivity contribution >= 4 is 46.6 Å². The summed E-state index contributed by atoms with van der Waals surface area (Å²) in [5.41, 5.74) is 3.99. The molecule has 11 nitrogen and oxygen atoms in total. The molecule has 7 rings (SSSR count). The molecule has 3 N–H and O–H groups in total. The maximum atomic E-state index is 12.9. The summed E-state index contributed by atoms with van der Waals surface area (Å²) in [6.07, 6.45) is 6.43. The second kappa shape index (κ2) is 16.7. The van der Waals surface area contributed by atoms with E-state index in [0.717, 1.165) is 46.2 Å². The first-order valence-corrected chi connectivity index (χ1v) is 20.2. The first kappa shape index (κ1) is 41.4. The van der Waals surface area contributed by atoms with Crippen molar-refractivity contribution < 1.29 is 43.2 Å². The number of halogens is 2. The highest BCUT2D eigenvalue weighted by molar-refractivity contribution is 6.31. The predicted octanol–water partition coefficient (Wildman–Crippen LogP) is 7.43. The first-order chi connectivity index (χ1) is 26.1. The van der Waals surface area contributed by atoms with E-state index in [9.17, 15) is 19.5 Å². The van der Waals surface area contributed by atoms with Gasteiger partial charge in [0.2, 0.25) is 5.91 Å². The van der Waals surface area contributed by atoms with E-state index in [1.165, 1.54) is 0 Å². The largest absolute Gasteiger partial charge is 0.509 e. The summed E-state index contributed by atoms with van der Waals surface area (Å²) >= 11 is 12.2. The molecule has 0 unspecified atom stereocenters. The molecule has 2 amide bonds. The van der Waals surface area contributed by atoms with Crippen molar-refractivity contribution in [2.24, 2.45) is 0 Å². The fourth-order valence-electron chi connectivity index (χ4n) is 8.85. The molecule has 2 aromatic rings. The van der Waals surface area contributed by atoms with Gasteiger partial charge in [0.15, 0.2) is 11.6 Å². The summed E-state index contributed by atoms with van der Waals surface area (Å²) in [6.45, 7) is 12.5. The Morgan fingerprint density at radius 1 is 0.764 bits per heavy atom. The van der Waals surface area contributed by atoms with E-state index >= 15 is 0 Å². The molecule has 300 valence electrons. The third kappa shape index (κ3) is 8.72. The molecule has 2 saturated heterocycles. The molecule has 3 heterocycles. The monoisotopic (exact) mass is 800 g/mol. The number of carbonyl (C=O) groups excluding carboxylic acids is 3. The normalized spacial score (nSPS) is 22.2. The lowest BCUT2D eigenvalue weighted by atomic mass is 9.77. The van der Waals surface area contributed by atoms with Crippen LogP contribution in [0.1, 0.15) is 105 Å². The van der Waals surface area contributed by atoms with Gasteiger partial charge in [-0.1, -0.05) is 23.2 Å². The molecule has 3 spiro atoms. The second-order valence-electron chi connectivity index (χ2n) is 15.6. The third-order valence-corrected chi connectivity index (χ3v) is 12.3. The smallest absolute Gasteiger partial charge is 0.331 e. The molecule has 0 atom stereocenters. The van der Waals surface area contributed by atoms with Gasteiger partial charge in [-0.25, -0.2) is 4.79 Å². The fourth-order valence-corrected chi connectivity index (χ4v) is 9.51. The van der Waals surface area contributed by atoms with Crippen LogP contribution in [0.3, 0.4) is 0 Å². The number of carbonyl (C=O) groups is 3. The van der Waals surface area contributed by atoms with Gasteiger partial charge in [0.25, 0.3) is 5.91 Å². The minimum absolute atomic E-state index is 0.140. The quantitative estimate of drug-likeness (QED) is 0.255. The zero-order valence-corrected chi connectivity index (χ0v) is 34.1. The lowest BCUT2D eigenvalue weighted by Gasteiger charge is -2.46. The van der Waals surface area contributed by atoms with E-state index in [-0.39, 0.29) is 36.6 Å². The van der Waals surface area contributed by atoms with Gasteiger partial charge in [-0.05, 0) is 131 Å². The first-order valence-electron chi connectivity index (χ1n) is 19.5. The highest BCUT2D eigenvalue weighted by Gasteiger charge is 2.53. The summed E-state index contributed by atoms with van der Waals surface area (Å²) in [4.78, 5) is 38.6. The van der Waals surface area contributed by atoms with E-state index in [2.05, 4.69) is 10.6 Å². The van der Waals surface area contributed by atoms with Crippen LogP contribution in [-0.4, -0.2) is 78.6 Å². The van der Waals surface area contributed by atoms with E-state index in [1.54, 1.807) is 6.92 Å². The average molecular weight is 802 g/mol. The number of rotatable bonds is 6. The van der Waals surface area contributed by atoms with Gasteiger partial charge in [-0.2, -0.15) is 0 Å². The number of aliphatic hydroxyl groups excluding tert-OH is 1. The molecule has 0 bridgehead atoms. The van der Waals surface area contributed by atoms with E-state index < -0.39 is 22.7 Å². The maximum Gasteiger partial charge on any atom is 0.331 e. The number of amides is 2. The number of aryl methyl sites for hydroxylation is 4. The van der Waals surface area contributed by atoms with Crippen LogP contribution in [0.15, 0.2) is 30.0 Å². The number of hydrogen-bond donors (Lipinski definition) is 3. The van der Waals surface area contributed by atoms with Crippen LogP contribution in [0, 0.1) is 27.7 Å². The lowest BCUT2D eigenvalue weighted by Crippen LogP contribution is -2.60. The third-order valence-electron chi connectivity index (χ3n) is 11.8. The van der Waals surface area contributed by atoms with Crippen LogP contribution >= 0.6 is 23.2 Å². The van der Waals surface area contributed by atoms with Crippen molar-refractivity contribution in [3.8, 4) is 0 Å². The molecular formula is C42H54Cl2N2O9. The molecule has 2 saturated carbocycles. The lowest BCUT2D eigenvalue weighted by molar-refractivity contribution is -0.284. The van der Waals surface area contributed by atoms with Gasteiger partial charge in [-0.15, -0.1) is 0 Å². The SMILES string of the molecule is CCOC(=O)C1(NC(=O)Cc2c(C)cc(Cl)cc2C)CCC2(CC1)OCCCO2.Cc1cc(Cl)cc(C)c1C1=C(O)C2(CCC3(CC2)OCCCO3)NC1=O. The molecule has 4 fully saturated rings. The molecule has 0 aromatic heterocycles. The Balaban J connectivity index is 0.000000188. The van der Waals surface area contributed by atoms with E-state index in [4.69, 9.17) is 46.9 Å². The molecule has 3 aliphatic heterocycles. The highest BCUT2D eigenvalue weighted by Crippen LogP contribution is 2.47. The van der Waals surface area contributed by atoms with Crippen LogP contribution in [-0.2, 0) is 44.5 Å². The Kier molecular flexibility index (Phi) is 12.6. The number of ether oxygens (including phenoxy) is 5. The van der Waals surface area contributed by atoms with Crippen molar-refractivity contribution in [1.29, 1.82) is 0 Å². The maximum absolute atomic E-state index is 12.9. The summed E-state index contributed by atoms with van der Waals surface area (Å²) in [5, 5.41) is 18.4. The van der Waals surface area contributed by atoms with Gasteiger partial charge in [0.05, 0.1) is 50.6 Å². The van der Waals surface area contributed by atoms with E-state index in [0.29, 0.717) is 93.4 Å². The van der Waals surface area contributed by atoms with Crippen LogP contribution in [0.5, 0.6) is 0 Å². The molecule has 2 aromatic carbocycles. The zero-order valence-electron chi connectivity index (χ0n) is 32.6. The molecule has 13 heteroatoms. The van der Waals surface area contributed by atoms with Crippen LogP contribution in [0.4, 0.5) is 0 Å². The van der Waals surface area contributed by atoms with Crippen molar-refractivity contribution in [3.05, 3.63) is 73.5 Å². The fraction of sp³-hybridized carbons (Fsp3) is 0.595. The number of esters is 1. The van der Waals surface area contributed by atoms with Crippen LogP contribution in [0.25, 0.3) is 5.57 Å². The minimum Gasteiger partial charge on any atom is -0.509 e. The minimum atomic E-state index is -1.04. The summed E-state index contributed by atoms with van der Waals surface area (Å²) in [7, 11) is 0. The Hall–Kier alpha value is -3.19. The number of aliphatic hydroxyl groups is 1. The molecular weight excluding hydrogens is 747 g/mol. The summed E-state index contributed by atoms with van der Waals surface area (Å²) < 4.78 is 28.9. The molecule has 5 aliphatic rings. The van der Waals surface area contributed by atoms with Gasteiger partial charge < -0.3 is 39.4 Å². The average Bonchev–Trinajstić information content (AvgIpc) is 3.38. The second-order valence-corrected chi connectivity index (χ2v) is 16.5. The molecule has 2 aliphatic carbocycles. The van der Waals surface area contributed by atoms with Crippen molar-refractivity contribution in [2.45, 2.75) is 128 Å². The van der Waals surface area contributed by atoms with Gasteiger partial charge in [-0.3, -0.25) is 9.59 Å². The Labute approximate surface area is 333 Å². The number of nitrogens with one attached hydrogen (secondary N) is 2.